The highest BCUT2D eigenvalue weighted by atomic mass is 16.4. The molecule has 0 unspecified atom stereocenters. The Balaban J connectivity index is 2.83. The molecule has 0 saturated carbocycles. The number of hydrogen-bond acceptors (Lipinski definition) is 2. The molecule has 0 aliphatic carbocycles. The molecule has 122 valence electrons. The first-order valence-corrected chi connectivity index (χ1v) is 7.43. The maximum absolute atomic E-state index is 11.9. The lowest BCUT2D eigenvalue weighted by molar-refractivity contribution is 0.0683. The topological polar surface area (TPSA) is 74.6 Å². The van der Waals surface area contributed by atoms with Crippen molar-refractivity contribution in [2.24, 2.45) is 0 Å². The third-order valence-corrected chi connectivity index (χ3v) is 3.78. The van der Waals surface area contributed by atoms with Gasteiger partial charge < -0.3 is 10.2 Å². The third kappa shape index (κ3) is 3.27. The molecule has 0 heterocycles. The first-order chi connectivity index (χ1) is 11.5. The van der Waals surface area contributed by atoms with Crippen LogP contribution in [0.25, 0.3) is 11.1 Å². The molecule has 0 aromatic heterocycles. The van der Waals surface area contributed by atoms with E-state index >= 15 is 0 Å². The average molecular weight is 322 g/mol. The van der Waals surface area contributed by atoms with Gasteiger partial charge in [0.15, 0.2) is 0 Å². The zero-order valence-corrected chi connectivity index (χ0v) is 13.2. The second-order valence-corrected chi connectivity index (χ2v) is 5.27. The molecule has 0 atom stereocenters. The number of benzene rings is 2. The van der Waals surface area contributed by atoms with E-state index in [0.717, 1.165) is 5.56 Å². The number of rotatable bonds is 7. The van der Waals surface area contributed by atoms with Gasteiger partial charge in [0.25, 0.3) is 0 Å². The number of carboxylic acid groups (broad SMARTS) is 2. The average Bonchev–Trinajstić information content (AvgIpc) is 2.56. The van der Waals surface area contributed by atoms with E-state index in [9.17, 15) is 19.8 Å². The molecule has 0 saturated heterocycles. The Morgan fingerprint density at radius 2 is 1.54 bits per heavy atom. The first-order valence-electron chi connectivity index (χ1n) is 7.43. The van der Waals surface area contributed by atoms with Crippen LogP contribution in [0.15, 0.2) is 61.7 Å². The summed E-state index contributed by atoms with van der Waals surface area (Å²) >= 11 is 0. The van der Waals surface area contributed by atoms with E-state index in [1.165, 1.54) is 6.07 Å². The van der Waals surface area contributed by atoms with E-state index in [1.54, 1.807) is 36.4 Å². The molecule has 2 rings (SSSR count). The highest BCUT2D eigenvalue weighted by Gasteiger charge is 2.21. The van der Waals surface area contributed by atoms with E-state index in [1.807, 2.05) is 6.07 Å². The first kappa shape index (κ1) is 17.2. The van der Waals surface area contributed by atoms with Gasteiger partial charge >= 0.3 is 11.9 Å². The standard InChI is InChI=1S/C20H18O4/c1-3-7-13-11-12-16(18(20(23)24)14(13)8-4-2)15-9-5-6-10-17(15)19(21)22/h3-6,9-12H,1-2,7-8H2,(H,21,22)(H,23,24). The van der Waals surface area contributed by atoms with Gasteiger partial charge in [0, 0.05) is 0 Å². The fourth-order valence-corrected chi connectivity index (χ4v) is 2.79. The van der Waals surface area contributed by atoms with Crippen LogP contribution in [0.2, 0.25) is 0 Å². The molecule has 2 aromatic rings. The lowest BCUT2D eigenvalue weighted by Gasteiger charge is -2.16. The van der Waals surface area contributed by atoms with Crippen molar-refractivity contribution in [2.75, 3.05) is 0 Å². The van der Waals surface area contributed by atoms with Crippen LogP contribution in [0.4, 0.5) is 0 Å². The van der Waals surface area contributed by atoms with Gasteiger partial charge in [-0.05, 0) is 41.2 Å². The summed E-state index contributed by atoms with van der Waals surface area (Å²) in [6.45, 7) is 7.39. The van der Waals surface area contributed by atoms with Crippen molar-refractivity contribution in [3.8, 4) is 11.1 Å². The van der Waals surface area contributed by atoms with E-state index in [0.29, 0.717) is 29.5 Å². The Bertz CT molecular complexity index is 818. The molecule has 2 aromatic carbocycles. The van der Waals surface area contributed by atoms with E-state index in [-0.39, 0.29) is 11.1 Å². The molecule has 0 amide bonds. The summed E-state index contributed by atoms with van der Waals surface area (Å²) in [5.74, 6) is -2.18. The highest BCUT2D eigenvalue weighted by Crippen LogP contribution is 2.32. The fourth-order valence-electron chi connectivity index (χ4n) is 2.79. The smallest absolute Gasteiger partial charge is 0.336 e. The normalized spacial score (nSPS) is 10.2. The summed E-state index contributed by atoms with van der Waals surface area (Å²) in [4.78, 5) is 23.4. The van der Waals surface area contributed by atoms with Crippen molar-refractivity contribution >= 4 is 11.9 Å². The van der Waals surface area contributed by atoms with Crippen molar-refractivity contribution in [1.29, 1.82) is 0 Å². The largest absolute Gasteiger partial charge is 0.478 e. The van der Waals surface area contributed by atoms with Gasteiger partial charge in [-0.2, -0.15) is 0 Å². The molecule has 0 bridgehead atoms. The predicted molar refractivity (Wildman–Crippen MR) is 93.6 cm³/mol. The Kier molecular flexibility index (Phi) is 5.32. The summed E-state index contributed by atoms with van der Waals surface area (Å²) in [5, 5.41) is 19.1. The summed E-state index contributed by atoms with van der Waals surface area (Å²) in [5.41, 5.74) is 2.45. The van der Waals surface area contributed by atoms with E-state index < -0.39 is 11.9 Å². The molecule has 24 heavy (non-hydrogen) atoms. The van der Waals surface area contributed by atoms with Crippen molar-refractivity contribution in [3.63, 3.8) is 0 Å². The Morgan fingerprint density at radius 3 is 2.12 bits per heavy atom. The Labute approximate surface area is 140 Å². The minimum absolute atomic E-state index is 0.0704. The van der Waals surface area contributed by atoms with Crippen LogP contribution in [-0.2, 0) is 12.8 Å². The van der Waals surface area contributed by atoms with Crippen molar-refractivity contribution in [1.82, 2.24) is 0 Å². The number of allylic oxidation sites excluding steroid dienone is 2. The van der Waals surface area contributed by atoms with Crippen molar-refractivity contribution in [2.45, 2.75) is 12.8 Å². The monoisotopic (exact) mass is 322 g/mol. The van der Waals surface area contributed by atoms with Crippen LogP contribution in [0, 0.1) is 0 Å². The molecule has 0 spiro atoms. The SMILES string of the molecule is C=CCc1ccc(-c2ccccc2C(=O)O)c(C(=O)O)c1CC=C. The second kappa shape index (κ2) is 7.42. The van der Waals surface area contributed by atoms with Gasteiger partial charge in [0.2, 0.25) is 0 Å². The molecule has 0 aliphatic heterocycles. The molecule has 0 radical (unpaired) electrons. The van der Waals surface area contributed by atoms with Gasteiger partial charge in [-0.1, -0.05) is 42.5 Å². The number of carbonyl (C=O) groups is 2. The van der Waals surface area contributed by atoms with E-state index in [4.69, 9.17) is 0 Å². The summed E-state index contributed by atoms with van der Waals surface area (Å²) in [7, 11) is 0. The van der Waals surface area contributed by atoms with Crippen LogP contribution in [-0.4, -0.2) is 22.2 Å². The lowest BCUT2D eigenvalue weighted by Crippen LogP contribution is -2.10. The predicted octanol–water partition coefficient (Wildman–Crippen LogP) is 4.21. The molecule has 0 fully saturated rings. The maximum Gasteiger partial charge on any atom is 0.336 e. The molecular weight excluding hydrogens is 304 g/mol. The molecule has 0 aliphatic rings. The second-order valence-electron chi connectivity index (χ2n) is 5.27. The van der Waals surface area contributed by atoms with Crippen molar-refractivity contribution < 1.29 is 19.8 Å². The number of hydrogen-bond donors (Lipinski definition) is 2. The van der Waals surface area contributed by atoms with Gasteiger partial charge in [-0.15, -0.1) is 13.2 Å². The molecule has 4 heteroatoms. The molecule has 2 N–H and O–H groups in total. The maximum atomic E-state index is 11.9. The summed E-state index contributed by atoms with van der Waals surface area (Å²) in [6, 6.07) is 9.88. The van der Waals surface area contributed by atoms with Crippen molar-refractivity contribution in [3.05, 3.63) is 84.0 Å². The number of carboxylic acids is 2. The van der Waals surface area contributed by atoms with Crippen LogP contribution >= 0.6 is 0 Å². The summed E-state index contributed by atoms with van der Waals surface area (Å²) < 4.78 is 0. The molecular formula is C20H18O4. The van der Waals surface area contributed by atoms with Crippen LogP contribution in [0.1, 0.15) is 31.8 Å². The quantitative estimate of drug-likeness (QED) is 0.749. The minimum Gasteiger partial charge on any atom is -0.478 e. The minimum atomic E-state index is -1.10. The van der Waals surface area contributed by atoms with E-state index in [2.05, 4.69) is 13.2 Å². The van der Waals surface area contributed by atoms with Gasteiger partial charge in [0.1, 0.15) is 0 Å². The van der Waals surface area contributed by atoms with Gasteiger partial charge in [-0.3, -0.25) is 0 Å². The van der Waals surface area contributed by atoms with Crippen LogP contribution in [0.3, 0.4) is 0 Å². The molecule has 4 nitrogen and oxygen atoms in total. The van der Waals surface area contributed by atoms with Crippen LogP contribution < -0.4 is 0 Å². The zero-order valence-electron chi connectivity index (χ0n) is 13.2. The highest BCUT2D eigenvalue weighted by molar-refractivity contribution is 6.03. The van der Waals surface area contributed by atoms with Gasteiger partial charge in [0.05, 0.1) is 11.1 Å². The number of aromatic carboxylic acids is 2. The fraction of sp³-hybridized carbons (Fsp3) is 0.100. The Morgan fingerprint density at radius 1 is 0.875 bits per heavy atom. The summed E-state index contributed by atoms with van der Waals surface area (Å²) in [6.07, 6.45) is 4.26. The Hall–Kier alpha value is -3.14. The van der Waals surface area contributed by atoms with Gasteiger partial charge in [-0.25, -0.2) is 9.59 Å². The zero-order chi connectivity index (χ0) is 17.7. The van der Waals surface area contributed by atoms with Crippen LogP contribution in [0.5, 0.6) is 0 Å². The third-order valence-electron chi connectivity index (χ3n) is 3.78. The lowest BCUT2D eigenvalue weighted by atomic mass is 9.87.